The molecule has 0 saturated carbocycles. The Morgan fingerprint density at radius 1 is 0.543 bits per heavy atom. The average molecular weight is 627 g/mol. The van der Waals surface area contributed by atoms with Gasteiger partial charge in [-0.1, -0.05) is 30.4 Å². The zero-order valence-corrected chi connectivity index (χ0v) is 23.9. The van der Waals surface area contributed by atoms with Gasteiger partial charge in [-0.2, -0.15) is 0 Å². The summed E-state index contributed by atoms with van der Waals surface area (Å²) in [6.45, 7) is 0. The molecule has 0 saturated heterocycles. The Morgan fingerprint density at radius 3 is 1.41 bits per heavy atom. The molecule has 0 aliphatic rings. The molecule has 234 valence electrons. The lowest BCUT2D eigenvalue weighted by Gasteiger charge is -2.19. The lowest BCUT2D eigenvalue weighted by molar-refractivity contribution is 0.372. The minimum Gasteiger partial charge on any atom is -0.507 e. The second kappa shape index (κ2) is 12.6. The van der Waals surface area contributed by atoms with Gasteiger partial charge in [0.2, 0.25) is 0 Å². The van der Waals surface area contributed by atoms with Crippen LogP contribution in [0.1, 0.15) is 45.3 Å². The summed E-state index contributed by atoms with van der Waals surface area (Å²) in [5.41, 5.74) is -2.09. The number of phenolic OH excluding ortho intramolecular Hbond substituents is 5. The Bertz CT molecular complexity index is 2000. The van der Waals surface area contributed by atoms with Crippen LogP contribution in [0.4, 0.5) is 0 Å². The quantitative estimate of drug-likeness (QED) is 0.113. The molecule has 5 rings (SSSR count). The van der Waals surface area contributed by atoms with Crippen molar-refractivity contribution >= 4 is 24.3 Å². The average Bonchev–Trinajstić information content (AvgIpc) is 3.00. The molecule has 0 spiro atoms. The van der Waals surface area contributed by atoms with Crippen LogP contribution >= 0.6 is 0 Å². The Morgan fingerprint density at radius 2 is 1.02 bits per heavy atom. The molecule has 46 heavy (non-hydrogen) atoms. The normalized spacial score (nSPS) is 11.5. The molecule has 0 fully saturated rings. The number of hydrogen-bond donors (Lipinski definition) is 7. The minimum absolute atomic E-state index is 0.0801. The largest absolute Gasteiger partial charge is 0.507 e. The van der Waals surface area contributed by atoms with Crippen LogP contribution in [0.25, 0.3) is 24.3 Å². The SMILES string of the molecule is COc1ccc(C(c2c(O)cc(/C=C/c3ccc(O)c(O)c3)oc2=O)c2c(O)cc(/C=C/c3ccc(O)c(O)c3)oc2=O)cc1O. The van der Waals surface area contributed by atoms with E-state index in [0.717, 1.165) is 12.1 Å². The molecule has 0 bridgehead atoms. The third kappa shape index (κ3) is 6.36. The van der Waals surface area contributed by atoms with Gasteiger partial charge in [0.1, 0.15) is 23.0 Å². The molecule has 12 heteroatoms. The van der Waals surface area contributed by atoms with E-state index in [1.54, 1.807) is 0 Å². The molecule has 3 aromatic carbocycles. The lowest BCUT2D eigenvalue weighted by atomic mass is 9.85. The first-order chi connectivity index (χ1) is 21.9. The summed E-state index contributed by atoms with van der Waals surface area (Å²) >= 11 is 0. The molecular weight excluding hydrogens is 600 g/mol. The van der Waals surface area contributed by atoms with E-state index in [1.165, 1.54) is 86.0 Å². The third-order valence-electron chi connectivity index (χ3n) is 6.96. The summed E-state index contributed by atoms with van der Waals surface area (Å²) in [6.07, 6.45) is 5.54. The van der Waals surface area contributed by atoms with Crippen LogP contribution in [0.2, 0.25) is 0 Å². The van der Waals surface area contributed by atoms with Crippen molar-refractivity contribution in [1.82, 2.24) is 0 Å². The van der Waals surface area contributed by atoms with Crippen LogP contribution in [-0.2, 0) is 0 Å². The van der Waals surface area contributed by atoms with Crippen molar-refractivity contribution in [3.8, 4) is 46.0 Å². The molecule has 0 unspecified atom stereocenters. The maximum atomic E-state index is 13.4. The van der Waals surface area contributed by atoms with Crippen molar-refractivity contribution < 1.29 is 49.3 Å². The number of phenols is 5. The molecule has 2 heterocycles. The smallest absolute Gasteiger partial charge is 0.344 e. The van der Waals surface area contributed by atoms with Gasteiger partial charge in [0.25, 0.3) is 0 Å². The molecule has 7 N–H and O–H groups in total. The third-order valence-corrected chi connectivity index (χ3v) is 6.96. The summed E-state index contributed by atoms with van der Waals surface area (Å²) < 4.78 is 15.9. The van der Waals surface area contributed by atoms with Crippen LogP contribution in [0.5, 0.6) is 46.0 Å². The molecular formula is C34H26O12. The maximum absolute atomic E-state index is 13.4. The predicted molar refractivity (Wildman–Crippen MR) is 166 cm³/mol. The first-order valence-corrected chi connectivity index (χ1v) is 13.5. The van der Waals surface area contributed by atoms with E-state index in [4.69, 9.17) is 13.6 Å². The van der Waals surface area contributed by atoms with Crippen LogP contribution in [-0.4, -0.2) is 42.9 Å². The van der Waals surface area contributed by atoms with Gasteiger partial charge in [0.15, 0.2) is 34.5 Å². The highest BCUT2D eigenvalue weighted by atomic mass is 16.5. The maximum Gasteiger partial charge on any atom is 0.344 e. The van der Waals surface area contributed by atoms with Gasteiger partial charge in [-0.05, 0) is 65.2 Å². The van der Waals surface area contributed by atoms with Crippen molar-refractivity contribution in [2.45, 2.75) is 5.92 Å². The molecule has 0 amide bonds. The van der Waals surface area contributed by atoms with Gasteiger partial charge in [-0.3, -0.25) is 0 Å². The Balaban J connectivity index is 1.60. The molecule has 0 radical (unpaired) electrons. The highest BCUT2D eigenvalue weighted by Gasteiger charge is 2.31. The van der Waals surface area contributed by atoms with Crippen molar-refractivity contribution in [2.75, 3.05) is 7.11 Å². The van der Waals surface area contributed by atoms with Crippen LogP contribution < -0.4 is 16.0 Å². The van der Waals surface area contributed by atoms with Crippen LogP contribution in [0.15, 0.2) is 85.2 Å². The van der Waals surface area contributed by atoms with Gasteiger partial charge in [0.05, 0.1) is 24.2 Å². The topological polar surface area (TPSA) is 211 Å². The van der Waals surface area contributed by atoms with Crippen molar-refractivity contribution in [1.29, 1.82) is 0 Å². The van der Waals surface area contributed by atoms with Gasteiger partial charge in [-0.15, -0.1) is 0 Å². The van der Waals surface area contributed by atoms with Crippen LogP contribution in [0, 0.1) is 0 Å². The van der Waals surface area contributed by atoms with Crippen molar-refractivity contribution in [3.05, 3.63) is 127 Å². The predicted octanol–water partition coefficient (Wildman–Crippen LogP) is 5.06. The molecule has 5 aromatic rings. The number of methoxy groups -OCH3 is 1. The fourth-order valence-electron chi connectivity index (χ4n) is 4.72. The fourth-order valence-corrected chi connectivity index (χ4v) is 4.72. The summed E-state index contributed by atoms with van der Waals surface area (Å²) in [5.74, 6) is -4.59. The van der Waals surface area contributed by atoms with Gasteiger partial charge in [-0.25, -0.2) is 9.59 Å². The molecule has 0 atom stereocenters. The van der Waals surface area contributed by atoms with Crippen molar-refractivity contribution in [2.24, 2.45) is 0 Å². The highest BCUT2D eigenvalue weighted by Crippen LogP contribution is 2.40. The molecule has 12 nitrogen and oxygen atoms in total. The first kappa shape index (κ1) is 30.9. The molecule has 2 aromatic heterocycles. The number of aromatic hydroxyl groups is 7. The number of rotatable bonds is 8. The van der Waals surface area contributed by atoms with E-state index in [0.29, 0.717) is 11.1 Å². The second-order valence-corrected chi connectivity index (χ2v) is 10.00. The zero-order chi connectivity index (χ0) is 33.1. The Labute approximate surface area is 259 Å². The lowest BCUT2D eigenvalue weighted by Crippen LogP contribution is -2.21. The van der Waals surface area contributed by atoms with E-state index in [2.05, 4.69) is 0 Å². The first-order valence-electron chi connectivity index (χ1n) is 13.5. The van der Waals surface area contributed by atoms with Gasteiger partial charge in [0, 0.05) is 12.1 Å². The number of ether oxygens (including phenoxy) is 1. The van der Waals surface area contributed by atoms with E-state index in [1.807, 2.05) is 0 Å². The van der Waals surface area contributed by atoms with E-state index in [-0.39, 0.29) is 51.6 Å². The highest BCUT2D eigenvalue weighted by molar-refractivity contribution is 5.71. The summed E-state index contributed by atoms with van der Waals surface area (Å²) in [7, 11) is 1.32. The Kier molecular flexibility index (Phi) is 8.45. The van der Waals surface area contributed by atoms with E-state index in [9.17, 15) is 45.3 Å². The van der Waals surface area contributed by atoms with Crippen molar-refractivity contribution in [3.63, 3.8) is 0 Å². The van der Waals surface area contributed by atoms with Crippen LogP contribution in [0.3, 0.4) is 0 Å². The van der Waals surface area contributed by atoms with Gasteiger partial charge >= 0.3 is 11.3 Å². The minimum atomic E-state index is -1.50. The van der Waals surface area contributed by atoms with Gasteiger partial charge < -0.3 is 49.3 Å². The number of benzene rings is 3. The van der Waals surface area contributed by atoms with E-state index >= 15 is 0 Å². The zero-order valence-electron chi connectivity index (χ0n) is 23.9. The summed E-state index contributed by atoms with van der Waals surface area (Å²) in [4.78, 5) is 26.8. The standard InChI is InChI=1S/C34H26O12/c1-44-29-11-6-19(14-26(29)39)30(31-27(40)15-20(45-33(31)42)7-2-17-4-9-22(35)24(37)12-17)32-28(41)16-21(46-34(32)43)8-3-18-5-10-23(36)25(38)13-18/h2-16,30,35-41H,1H3/b7-2+,8-3+. The number of hydrogen-bond acceptors (Lipinski definition) is 12. The summed E-state index contributed by atoms with van der Waals surface area (Å²) in [5, 5.41) is 71.1. The monoisotopic (exact) mass is 626 g/mol. The Hall–Kier alpha value is -6.56. The molecule has 0 aliphatic heterocycles. The second-order valence-electron chi connectivity index (χ2n) is 10.00. The molecule has 0 aliphatic carbocycles. The van der Waals surface area contributed by atoms with E-state index < -0.39 is 39.8 Å². The summed E-state index contributed by atoms with van der Waals surface area (Å²) in [6, 6.07) is 14.2. The fraction of sp³-hybridized carbons (Fsp3) is 0.0588.